The van der Waals surface area contributed by atoms with Crippen LogP contribution in [0.2, 0.25) is 0 Å². The van der Waals surface area contributed by atoms with Gasteiger partial charge in [0.25, 0.3) is 0 Å². The fourth-order valence-corrected chi connectivity index (χ4v) is 3.61. The van der Waals surface area contributed by atoms with Crippen molar-refractivity contribution in [3.05, 3.63) is 29.8 Å². The molecule has 2 unspecified atom stereocenters. The zero-order chi connectivity index (χ0) is 13.7. The summed E-state index contributed by atoms with van der Waals surface area (Å²) in [6.07, 6.45) is 2.65. The number of para-hydroxylation sites is 1. The summed E-state index contributed by atoms with van der Waals surface area (Å²) in [7, 11) is 0. The summed E-state index contributed by atoms with van der Waals surface area (Å²) >= 11 is 0. The molecule has 1 aliphatic carbocycles. The molecule has 1 aromatic carbocycles. The summed E-state index contributed by atoms with van der Waals surface area (Å²) in [6, 6.07) is 8.37. The van der Waals surface area contributed by atoms with E-state index >= 15 is 0 Å². The van der Waals surface area contributed by atoms with Crippen molar-refractivity contribution in [1.29, 1.82) is 0 Å². The zero-order valence-corrected chi connectivity index (χ0v) is 11.9. The Morgan fingerprint density at radius 2 is 2.20 bits per heavy atom. The Morgan fingerprint density at radius 1 is 1.40 bits per heavy atom. The molecule has 4 rings (SSSR count). The molecule has 106 valence electrons. The second-order valence-corrected chi connectivity index (χ2v) is 6.36. The van der Waals surface area contributed by atoms with E-state index in [1.165, 1.54) is 18.4 Å². The summed E-state index contributed by atoms with van der Waals surface area (Å²) in [5.74, 6) is 2.89. The van der Waals surface area contributed by atoms with Crippen molar-refractivity contribution < 1.29 is 4.74 Å². The molecule has 1 aromatic rings. The highest BCUT2D eigenvalue weighted by Gasteiger charge is 2.52. The maximum atomic E-state index is 6.22. The van der Waals surface area contributed by atoms with E-state index in [-0.39, 0.29) is 5.54 Å². The van der Waals surface area contributed by atoms with Gasteiger partial charge in [0.05, 0.1) is 18.7 Å². The van der Waals surface area contributed by atoms with Crippen molar-refractivity contribution in [3.8, 4) is 5.75 Å². The first-order valence-corrected chi connectivity index (χ1v) is 7.51. The molecule has 0 bridgehead atoms. The van der Waals surface area contributed by atoms with Crippen LogP contribution in [0.15, 0.2) is 29.3 Å². The smallest absolute Gasteiger partial charge is 0.192 e. The van der Waals surface area contributed by atoms with Gasteiger partial charge in [-0.15, -0.1) is 0 Å². The molecule has 0 radical (unpaired) electrons. The summed E-state index contributed by atoms with van der Waals surface area (Å²) in [6.45, 7) is 4.78. The Balaban J connectivity index is 1.81. The Kier molecular flexibility index (Phi) is 2.50. The van der Waals surface area contributed by atoms with E-state index in [1.54, 1.807) is 0 Å². The first-order valence-electron chi connectivity index (χ1n) is 7.51. The van der Waals surface area contributed by atoms with Gasteiger partial charge in [-0.2, -0.15) is 0 Å². The monoisotopic (exact) mass is 271 g/mol. The van der Waals surface area contributed by atoms with Crippen LogP contribution in [0.5, 0.6) is 5.75 Å². The maximum Gasteiger partial charge on any atom is 0.192 e. The SMILES string of the molecule is CC1COc2ccccc2C12CN=C(N)N2CC1CC1. The minimum Gasteiger partial charge on any atom is -0.493 e. The number of aliphatic imine (C=N–C) groups is 1. The molecule has 20 heavy (non-hydrogen) atoms. The van der Waals surface area contributed by atoms with E-state index in [9.17, 15) is 0 Å². The third-order valence-corrected chi connectivity index (χ3v) is 5.04. The van der Waals surface area contributed by atoms with Gasteiger partial charge in [-0.05, 0) is 24.8 Å². The maximum absolute atomic E-state index is 6.22. The second kappa shape index (κ2) is 4.14. The molecule has 2 heterocycles. The molecular weight excluding hydrogens is 250 g/mol. The average molecular weight is 271 g/mol. The molecule has 3 aliphatic rings. The molecule has 1 spiro atoms. The molecule has 1 saturated carbocycles. The van der Waals surface area contributed by atoms with Gasteiger partial charge >= 0.3 is 0 Å². The van der Waals surface area contributed by atoms with Crippen molar-refractivity contribution in [2.24, 2.45) is 22.6 Å². The average Bonchev–Trinajstić information content (AvgIpc) is 3.23. The third-order valence-electron chi connectivity index (χ3n) is 5.04. The Morgan fingerprint density at radius 3 is 3.00 bits per heavy atom. The standard InChI is InChI=1S/C16H21N3O/c1-11-9-20-14-5-3-2-4-13(14)16(11)10-18-15(17)19(16)8-12-6-7-12/h2-5,11-12H,6-10H2,1H3,(H2,17,18). The quantitative estimate of drug-likeness (QED) is 0.894. The van der Waals surface area contributed by atoms with Crippen molar-refractivity contribution in [2.45, 2.75) is 25.3 Å². The van der Waals surface area contributed by atoms with Gasteiger partial charge in [0.1, 0.15) is 5.75 Å². The van der Waals surface area contributed by atoms with Crippen LogP contribution in [0.3, 0.4) is 0 Å². The largest absolute Gasteiger partial charge is 0.493 e. The van der Waals surface area contributed by atoms with E-state index in [1.807, 2.05) is 6.07 Å². The Labute approximate surface area is 119 Å². The first-order chi connectivity index (χ1) is 9.72. The number of benzene rings is 1. The fourth-order valence-electron chi connectivity index (χ4n) is 3.61. The first kappa shape index (κ1) is 12.1. The molecule has 0 saturated heterocycles. The van der Waals surface area contributed by atoms with Gasteiger partial charge in [-0.3, -0.25) is 4.99 Å². The number of nitrogens with two attached hydrogens (primary N) is 1. The van der Waals surface area contributed by atoms with E-state index < -0.39 is 0 Å². The highest BCUT2D eigenvalue weighted by atomic mass is 16.5. The normalized spacial score (nSPS) is 31.9. The Hall–Kier alpha value is -1.71. The van der Waals surface area contributed by atoms with E-state index in [0.29, 0.717) is 11.9 Å². The molecule has 2 atom stereocenters. The molecule has 0 amide bonds. The summed E-state index contributed by atoms with van der Waals surface area (Å²) in [5, 5.41) is 0. The predicted molar refractivity (Wildman–Crippen MR) is 78.7 cm³/mol. The molecule has 2 aliphatic heterocycles. The van der Waals surface area contributed by atoms with E-state index in [4.69, 9.17) is 10.5 Å². The van der Waals surface area contributed by atoms with Crippen LogP contribution < -0.4 is 10.5 Å². The fraction of sp³-hybridized carbons (Fsp3) is 0.562. The predicted octanol–water partition coefficient (Wildman–Crippen LogP) is 1.95. The van der Waals surface area contributed by atoms with Crippen molar-refractivity contribution in [1.82, 2.24) is 4.90 Å². The number of guanidine groups is 1. The minimum atomic E-state index is -0.0957. The number of nitrogens with zero attached hydrogens (tertiary/aromatic N) is 2. The minimum absolute atomic E-state index is 0.0957. The van der Waals surface area contributed by atoms with Crippen molar-refractivity contribution in [2.75, 3.05) is 19.7 Å². The van der Waals surface area contributed by atoms with Crippen LogP contribution in [0.1, 0.15) is 25.3 Å². The topological polar surface area (TPSA) is 50.9 Å². The number of hydrogen-bond donors (Lipinski definition) is 1. The molecule has 4 nitrogen and oxygen atoms in total. The van der Waals surface area contributed by atoms with Gasteiger partial charge in [-0.25, -0.2) is 0 Å². The third kappa shape index (κ3) is 1.57. The Bertz CT molecular complexity index is 567. The molecule has 2 N–H and O–H groups in total. The zero-order valence-electron chi connectivity index (χ0n) is 11.9. The number of fused-ring (bicyclic) bond motifs is 2. The summed E-state index contributed by atoms with van der Waals surface area (Å²) < 4.78 is 5.91. The second-order valence-electron chi connectivity index (χ2n) is 6.36. The lowest BCUT2D eigenvalue weighted by Crippen LogP contribution is -2.56. The molecule has 4 heteroatoms. The van der Waals surface area contributed by atoms with Gasteiger partial charge in [0, 0.05) is 18.0 Å². The van der Waals surface area contributed by atoms with E-state index in [0.717, 1.165) is 31.4 Å². The van der Waals surface area contributed by atoms with Crippen LogP contribution in [-0.2, 0) is 5.54 Å². The van der Waals surface area contributed by atoms with Gasteiger partial charge in [0.15, 0.2) is 5.96 Å². The lowest BCUT2D eigenvalue weighted by atomic mass is 9.76. The van der Waals surface area contributed by atoms with Crippen LogP contribution in [0.25, 0.3) is 0 Å². The summed E-state index contributed by atoms with van der Waals surface area (Å²) in [4.78, 5) is 6.95. The van der Waals surface area contributed by atoms with Crippen molar-refractivity contribution >= 4 is 5.96 Å². The van der Waals surface area contributed by atoms with Gasteiger partial charge < -0.3 is 15.4 Å². The highest BCUT2D eigenvalue weighted by Crippen LogP contribution is 2.48. The lowest BCUT2D eigenvalue weighted by Gasteiger charge is -2.47. The number of ether oxygens (including phenoxy) is 1. The van der Waals surface area contributed by atoms with Crippen LogP contribution in [-0.4, -0.2) is 30.6 Å². The van der Waals surface area contributed by atoms with Crippen LogP contribution in [0, 0.1) is 11.8 Å². The summed E-state index contributed by atoms with van der Waals surface area (Å²) in [5.41, 5.74) is 7.37. The van der Waals surface area contributed by atoms with E-state index in [2.05, 4.69) is 35.0 Å². The number of hydrogen-bond acceptors (Lipinski definition) is 4. The lowest BCUT2D eigenvalue weighted by molar-refractivity contribution is 0.0573. The van der Waals surface area contributed by atoms with Gasteiger partial charge in [0.2, 0.25) is 0 Å². The highest BCUT2D eigenvalue weighted by molar-refractivity contribution is 5.82. The van der Waals surface area contributed by atoms with Crippen LogP contribution >= 0.6 is 0 Å². The number of rotatable bonds is 2. The van der Waals surface area contributed by atoms with Gasteiger partial charge in [-0.1, -0.05) is 25.1 Å². The molecule has 1 fully saturated rings. The van der Waals surface area contributed by atoms with Crippen LogP contribution in [0.4, 0.5) is 0 Å². The van der Waals surface area contributed by atoms with Crippen molar-refractivity contribution in [3.63, 3.8) is 0 Å². The molecule has 0 aromatic heterocycles. The molecular formula is C16H21N3O.